The van der Waals surface area contributed by atoms with Crippen LogP contribution < -0.4 is 5.32 Å². The van der Waals surface area contributed by atoms with Gasteiger partial charge in [-0.3, -0.25) is 0 Å². The molecular formula is C17H19N5O2. The molecule has 1 aliphatic carbocycles. The fraction of sp³-hybridized carbons (Fsp3) is 0.529. The Bertz CT molecular complexity index is 778. The molecular weight excluding hydrogens is 306 g/mol. The van der Waals surface area contributed by atoms with Crippen molar-refractivity contribution in [1.29, 1.82) is 5.26 Å². The summed E-state index contributed by atoms with van der Waals surface area (Å²) >= 11 is 0. The number of ether oxygens (including phenoxy) is 1. The number of nitrogens with zero attached hydrogens (tertiary/aromatic N) is 4. The van der Waals surface area contributed by atoms with Crippen LogP contribution in [-0.2, 0) is 4.74 Å². The van der Waals surface area contributed by atoms with Crippen LogP contribution in [0, 0.1) is 24.2 Å². The van der Waals surface area contributed by atoms with E-state index < -0.39 is 0 Å². The quantitative estimate of drug-likeness (QED) is 0.902. The van der Waals surface area contributed by atoms with Crippen LogP contribution in [0.2, 0.25) is 0 Å². The highest BCUT2D eigenvalue weighted by Crippen LogP contribution is 2.40. The van der Waals surface area contributed by atoms with Gasteiger partial charge in [0.15, 0.2) is 5.82 Å². The highest BCUT2D eigenvalue weighted by molar-refractivity contribution is 5.43. The summed E-state index contributed by atoms with van der Waals surface area (Å²) in [5, 5.41) is 16.4. The predicted octanol–water partition coefficient (Wildman–Crippen LogP) is 2.71. The number of aryl methyl sites for hydroxylation is 1. The Morgan fingerprint density at radius 3 is 2.92 bits per heavy atom. The van der Waals surface area contributed by atoms with E-state index in [1.165, 1.54) is 0 Å². The Morgan fingerprint density at radius 1 is 1.29 bits per heavy atom. The molecule has 0 aromatic carbocycles. The van der Waals surface area contributed by atoms with E-state index in [1.54, 1.807) is 6.07 Å². The Kier molecular flexibility index (Phi) is 3.90. The third-order valence-electron chi connectivity index (χ3n) is 4.61. The van der Waals surface area contributed by atoms with E-state index in [-0.39, 0.29) is 12.0 Å². The van der Waals surface area contributed by atoms with E-state index in [2.05, 4.69) is 26.5 Å². The zero-order chi connectivity index (χ0) is 16.5. The normalized spacial score (nSPS) is 23.2. The number of pyridine rings is 1. The van der Waals surface area contributed by atoms with Gasteiger partial charge < -0.3 is 14.6 Å². The standard InChI is InChI=1S/C17H19N5O2/c1-10-12(8-18)4-5-14(20-10)19-9-13-6-7-23-15(13)17-21-16(22-24-17)11-2-3-11/h4-5,11,13,15H,2-3,6-7,9H2,1H3,(H,19,20)/t13-,15-/m0/s1. The molecule has 1 saturated carbocycles. The molecule has 2 aromatic heterocycles. The smallest absolute Gasteiger partial charge is 0.256 e. The van der Waals surface area contributed by atoms with Gasteiger partial charge in [-0.05, 0) is 38.3 Å². The number of rotatable bonds is 5. The lowest BCUT2D eigenvalue weighted by atomic mass is 10.0. The molecule has 2 fully saturated rings. The van der Waals surface area contributed by atoms with Crippen molar-refractivity contribution in [2.45, 2.75) is 38.2 Å². The first-order valence-electron chi connectivity index (χ1n) is 8.31. The molecule has 0 bridgehead atoms. The van der Waals surface area contributed by atoms with Crippen molar-refractivity contribution in [3.63, 3.8) is 0 Å². The molecule has 124 valence electrons. The number of nitrogens with one attached hydrogen (secondary N) is 1. The van der Waals surface area contributed by atoms with Crippen LogP contribution >= 0.6 is 0 Å². The number of nitriles is 1. The molecule has 7 nitrogen and oxygen atoms in total. The first-order valence-corrected chi connectivity index (χ1v) is 8.31. The largest absolute Gasteiger partial charge is 0.370 e. The van der Waals surface area contributed by atoms with Crippen molar-refractivity contribution in [2.24, 2.45) is 5.92 Å². The first kappa shape index (κ1) is 15.1. The lowest BCUT2D eigenvalue weighted by Gasteiger charge is -2.16. The number of anilines is 1. The second kappa shape index (κ2) is 6.21. The van der Waals surface area contributed by atoms with Gasteiger partial charge in [-0.25, -0.2) is 4.98 Å². The minimum atomic E-state index is -0.156. The molecule has 4 rings (SSSR count). The average Bonchev–Trinajstić information content (AvgIpc) is 3.14. The van der Waals surface area contributed by atoms with Crippen molar-refractivity contribution in [3.8, 4) is 6.07 Å². The molecule has 2 aliphatic rings. The van der Waals surface area contributed by atoms with Crippen molar-refractivity contribution >= 4 is 5.82 Å². The van der Waals surface area contributed by atoms with E-state index in [9.17, 15) is 0 Å². The second-order valence-electron chi connectivity index (χ2n) is 6.43. The van der Waals surface area contributed by atoms with Gasteiger partial charge in [0.1, 0.15) is 18.0 Å². The molecule has 1 N–H and O–H groups in total. The molecule has 0 radical (unpaired) electrons. The molecule has 1 saturated heterocycles. The minimum Gasteiger partial charge on any atom is -0.370 e. The summed E-state index contributed by atoms with van der Waals surface area (Å²) in [6.07, 6.45) is 3.09. The average molecular weight is 325 g/mol. The molecule has 0 spiro atoms. The van der Waals surface area contributed by atoms with E-state index >= 15 is 0 Å². The number of aromatic nitrogens is 3. The van der Waals surface area contributed by atoms with Crippen LogP contribution in [0.1, 0.15) is 54.3 Å². The van der Waals surface area contributed by atoms with Crippen LogP contribution in [-0.4, -0.2) is 28.3 Å². The molecule has 1 aliphatic heterocycles. The van der Waals surface area contributed by atoms with Crippen LogP contribution in [0.4, 0.5) is 5.82 Å². The summed E-state index contributed by atoms with van der Waals surface area (Å²) in [4.78, 5) is 8.93. The Morgan fingerprint density at radius 2 is 2.17 bits per heavy atom. The van der Waals surface area contributed by atoms with Gasteiger partial charge in [-0.15, -0.1) is 0 Å². The first-order chi connectivity index (χ1) is 11.7. The van der Waals surface area contributed by atoms with Gasteiger partial charge in [0.2, 0.25) is 0 Å². The van der Waals surface area contributed by atoms with Crippen molar-refractivity contribution < 1.29 is 9.26 Å². The van der Waals surface area contributed by atoms with E-state index in [0.29, 0.717) is 30.5 Å². The van der Waals surface area contributed by atoms with Crippen LogP contribution in [0.25, 0.3) is 0 Å². The summed E-state index contributed by atoms with van der Waals surface area (Å²) in [5.74, 6) is 2.91. The van der Waals surface area contributed by atoms with Gasteiger partial charge in [0, 0.05) is 25.0 Å². The number of hydrogen-bond donors (Lipinski definition) is 1. The third-order valence-corrected chi connectivity index (χ3v) is 4.61. The fourth-order valence-corrected chi connectivity index (χ4v) is 3.00. The van der Waals surface area contributed by atoms with Crippen molar-refractivity contribution in [1.82, 2.24) is 15.1 Å². The lowest BCUT2D eigenvalue weighted by molar-refractivity contribution is 0.0650. The van der Waals surface area contributed by atoms with Crippen LogP contribution in [0.15, 0.2) is 16.7 Å². The van der Waals surface area contributed by atoms with E-state index in [1.807, 2.05) is 13.0 Å². The van der Waals surface area contributed by atoms with Gasteiger partial charge in [0.25, 0.3) is 5.89 Å². The summed E-state index contributed by atoms with van der Waals surface area (Å²) in [6, 6.07) is 5.74. The maximum absolute atomic E-state index is 8.97. The van der Waals surface area contributed by atoms with Crippen molar-refractivity contribution in [2.75, 3.05) is 18.5 Å². The Hall–Kier alpha value is -2.46. The fourth-order valence-electron chi connectivity index (χ4n) is 3.00. The van der Waals surface area contributed by atoms with Crippen LogP contribution in [0.5, 0.6) is 0 Å². The Balaban J connectivity index is 1.41. The third kappa shape index (κ3) is 2.97. The monoisotopic (exact) mass is 325 g/mol. The molecule has 2 atom stereocenters. The molecule has 2 aromatic rings. The maximum atomic E-state index is 8.97. The molecule has 0 unspecified atom stereocenters. The summed E-state index contributed by atoms with van der Waals surface area (Å²) < 4.78 is 11.2. The molecule has 24 heavy (non-hydrogen) atoms. The minimum absolute atomic E-state index is 0.156. The molecule has 0 amide bonds. The predicted molar refractivity (Wildman–Crippen MR) is 85.3 cm³/mol. The second-order valence-corrected chi connectivity index (χ2v) is 6.43. The van der Waals surface area contributed by atoms with Crippen molar-refractivity contribution in [3.05, 3.63) is 35.1 Å². The van der Waals surface area contributed by atoms with Gasteiger partial charge in [-0.1, -0.05) is 5.16 Å². The summed E-state index contributed by atoms with van der Waals surface area (Å²) in [5.41, 5.74) is 1.33. The zero-order valence-corrected chi connectivity index (χ0v) is 13.5. The zero-order valence-electron chi connectivity index (χ0n) is 13.5. The maximum Gasteiger partial charge on any atom is 0.256 e. The van der Waals surface area contributed by atoms with Gasteiger partial charge in [0.05, 0.1) is 11.3 Å². The van der Waals surface area contributed by atoms with E-state index in [4.69, 9.17) is 14.5 Å². The van der Waals surface area contributed by atoms with E-state index in [0.717, 1.165) is 36.6 Å². The van der Waals surface area contributed by atoms with Gasteiger partial charge >= 0.3 is 0 Å². The lowest BCUT2D eigenvalue weighted by Crippen LogP contribution is -2.19. The summed E-state index contributed by atoms with van der Waals surface area (Å²) in [6.45, 7) is 3.24. The SMILES string of the molecule is Cc1nc(NC[C@@H]2CCO[C@@H]2c2nc(C3CC3)no2)ccc1C#N. The number of hydrogen-bond acceptors (Lipinski definition) is 7. The van der Waals surface area contributed by atoms with Gasteiger partial charge in [-0.2, -0.15) is 10.2 Å². The Labute approximate surface area is 140 Å². The topological polar surface area (TPSA) is 96.9 Å². The summed E-state index contributed by atoms with van der Waals surface area (Å²) in [7, 11) is 0. The highest BCUT2D eigenvalue weighted by atomic mass is 16.5. The molecule has 7 heteroatoms. The van der Waals surface area contributed by atoms with Crippen LogP contribution in [0.3, 0.4) is 0 Å². The molecule has 3 heterocycles. The highest BCUT2D eigenvalue weighted by Gasteiger charge is 2.36.